The van der Waals surface area contributed by atoms with Crippen LogP contribution in [0, 0.1) is 0 Å². The van der Waals surface area contributed by atoms with E-state index in [-0.39, 0.29) is 18.2 Å². The van der Waals surface area contributed by atoms with Crippen molar-refractivity contribution in [2.45, 2.75) is 25.6 Å². The van der Waals surface area contributed by atoms with Gasteiger partial charge in [0.15, 0.2) is 9.84 Å². The summed E-state index contributed by atoms with van der Waals surface area (Å²) in [6, 6.07) is 9.26. The van der Waals surface area contributed by atoms with Gasteiger partial charge in [0.2, 0.25) is 17.7 Å². The third kappa shape index (κ3) is 3.95. The van der Waals surface area contributed by atoms with E-state index in [1.807, 2.05) is 30.3 Å². The van der Waals surface area contributed by atoms with Gasteiger partial charge in [-0.15, -0.1) is 10.2 Å². The summed E-state index contributed by atoms with van der Waals surface area (Å²) in [4.78, 5) is 13.5. The molecule has 0 unspecified atom stereocenters. The largest absolute Gasteiger partial charge is 0.419 e. The first-order chi connectivity index (χ1) is 10.8. The molecule has 0 N–H and O–H groups in total. The number of carbonyl (C=O) groups excluding carboxylic acids is 1. The van der Waals surface area contributed by atoms with Crippen LogP contribution in [0.15, 0.2) is 34.7 Å². The highest BCUT2D eigenvalue weighted by Gasteiger charge is 2.29. The molecule has 0 aliphatic heterocycles. The van der Waals surface area contributed by atoms with E-state index in [0.717, 1.165) is 5.56 Å². The molecule has 0 fully saturated rings. The standard InChI is InChI=1S/C15H19N3O4S/c1-4-23(20,21)11(2)15(19)18(3)10-13-16-17-14(22-13)12-8-6-5-7-9-12/h5-9,11H,4,10H2,1-3H3/t11-/m0/s1. The van der Waals surface area contributed by atoms with Gasteiger partial charge in [0.1, 0.15) is 5.25 Å². The van der Waals surface area contributed by atoms with Crippen LogP contribution in [0.3, 0.4) is 0 Å². The van der Waals surface area contributed by atoms with E-state index in [1.165, 1.54) is 25.8 Å². The summed E-state index contributed by atoms with van der Waals surface area (Å²) in [5.41, 5.74) is 0.780. The summed E-state index contributed by atoms with van der Waals surface area (Å²) >= 11 is 0. The average molecular weight is 337 g/mol. The van der Waals surface area contributed by atoms with Crippen molar-refractivity contribution in [2.24, 2.45) is 0 Å². The first-order valence-corrected chi connectivity index (χ1v) is 8.91. The molecular weight excluding hydrogens is 318 g/mol. The summed E-state index contributed by atoms with van der Waals surface area (Å²) in [6.07, 6.45) is 0. The van der Waals surface area contributed by atoms with Crippen molar-refractivity contribution in [2.75, 3.05) is 12.8 Å². The number of hydrogen-bond acceptors (Lipinski definition) is 6. The minimum Gasteiger partial charge on any atom is -0.419 e. The molecule has 0 bridgehead atoms. The van der Waals surface area contributed by atoms with Crippen molar-refractivity contribution < 1.29 is 17.6 Å². The van der Waals surface area contributed by atoms with Gasteiger partial charge in [-0.05, 0) is 19.1 Å². The van der Waals surface area contributed by atoms with Crippen LogP contribution < -0.4 is 0 Å². The summed E-state index contributed by atoms with van der Waals surface area (Å²) in [7, 11) is -1.92. The third-order valence-electron chi connectivity index (χ3n) is 3.53. The second kappa shape index (κ2) is 6.91. The number of amides is 1. The Kier molecular flexibility index (Phi) is 5.15. The Morgan fingerprint density at radius 3 is 2.52 bits per heavy atom. The highest BCUT2D eigenvalue weighted by molar-refractivity contribution is 7.92. The molecule has 1 aromatic carbocycles. The topological polar surface area (TPSA) is 93.4 Å². The molecule has 2 rings (SSSR count). The van der Waals surface area contributed by atoms with Crippen molar-refractivity contribution in [3.8, 4) is 11.5 Å². The van der Waals surface area contributed by atoms with E-state index in [0.29, 0.717) is 5.89 Å². The molecule has 1 aromatic heterocycles. The van der Waals surface area contributed by atoms with Crippen LogP contribution >= 0.6 is 0 Å². The fraction of sp³-hybridized carbons (Fsp3) is 0.400. The zero-order chi connectivity index (χ0) is 17.0. The molecule has 23 heavy (non-hydrogen) atoms. The van der Waals surface area contributed by atoms with Gasteiger partial charge in [0.25, 0.3) is 0 Å². The van der Waals surface area contributed by atoms with Crippen molar-refractivity contribution in [3.63, 3.8) is 0 Å². The van der Waals surface area contributed by atoms with Crippen LogP contribution in [0.1, 0.15) is 19.7 Å². The first-order valence-electron chi connectivity index (χ1n) is 7.19. The summed E-state index contributed by atoms with van der Waals surface area (Å²) < 4.78 is 29.1. The van der Waals surface area contributed by atoms with Gasteiger partial charge in [-0.25, -0.2) is 8.42 Å². The second-order valence-corrected chi connectivity index (χ2v) is 7.77. The van der Waals surface area contributed by atoms with Crippen molar-refractivity contribution in [3.05, 3.63) is 36.2 Å². The minimum atomic E-state index is -3.43. The van der Waals surface area contributed by atoms with E-state index in [1.54, 1.807) is 0 Å². The van der Waals surface area contributed by atoms with Gasteiger partial charge in [0.05, 0.1) is 6.54 Å². The molecule has 0 radical (unpaired) electrons. The lowest BCUT2D eigenvalue weighted by Crippen LogP contribution is -2.39. The lowest BCUT2D eigenvalue weighted by molar-refractivity contribution is -0.129. The lowest BCUT2D eigenvalue weighted by Gasteiger charge is -2.19. The maximum absolute atomic E-state index is 12.2. The Bertz CT molecular complexity index is 771. The Morgan fingerprint density at radius 1 is 1.26 bits per heavy atom. The Hall–Kier alpha value is -2.22. The van der Waals surface area contributed by atoms with Gasteiger partial charge < -0.3 is 9.32 Å². The van der Waals surface area contributed by atoms with Crippen molar-refractivity contribution in [1.82, 2.24) is 15.1 Å². The molecule has 8 heteroatoms. The highest BCUT2D eigenvalue weighted by Crippen LogP contribution is 2.17. The Balaban J connectivity index is 2.08. The summed E-state index contributed by atoms with van der Waals surface area (Å²) in [5.74, 6) is 0.0368. The summed E-state index contributed by atoms with van der Waals surface area (Å²) in [5, 5.41) is 6.74. The number of rotatable bonds is 6. The van der Waals surface area contributed by atoms with E-state index < -0.39 is 21.0 Å². The fourth-order valence-corrected chi connectivity index (χ4v) is 3.00. The second-order valence-electron chi connectivity index (χ2n) is 5.16. The molecule has 0 aliphatic rings. The van der Waals surface area contributed by atoms with Crippen LogP contribution in [0.4, 0.5) is 0 Å². The molecule has 0 saturated carbocycles. The molecule has 0 saturated heterocycles. The maximum Gasteiger partial charge on any atom is 0.247 e. The molecule has 1 atom stereocenters. The number of carbonyl (C=O) groups is 1. The van der Waals surface area contributed by atoms with Gasteiger partial charge >= 0.3 is 0 Å². The predicted octanol–water partition coefficient (Wildman–Crippen LogP) is 1.52. The monoisotopic (exact) mass is 337 g/mol. The predicted molar refractivity (Wildman–Crippen MR) is 85.1 cm³/mol. The number of nitrogens with zero attached hydrogens (tertiary/aromatic N) is 3. The van der Waals surface area contributed by atoms with Gasteiger partial charge in [-0.1, -0.05) is 25.1 Å². The van der Waals surface area contributed by atoms with E-state index in [4.69, 9.17) is 4.42 Å². The molecule has 0 aliphatic carbocycles. The van der Waals surface area contributed by atoms with Crippen molar-refractivity contribution in [1.29, 1.82) is 0 Å². The number of hydrogen-bond donors (Lipinski definition) is 0. The smallest absolute Gasteiger partial charge is 0.247 e. The first kappa shape index (κ1) is 17.1. The SMILES string of the molecule is CCS(=O)(=O)[C@@H](C)C(=O)N(C)Cc1nnc(-c2ccccc2)o1. The minimum absolute atomic E-state index is 0.0578. The van der Waals surface area contributed by atoms with Crippen LogP contribution in [0.5, 0.6) is 0 Å². The number of sulfone groups is 1. The summed E-state index contributed by atoms with van der Waals surface area (Å²) in [6.45, 7) is 2.96. The fourth-order valence-electron chi connectivity index (χ4n) is 2.01. The normalized spacial score (nSPS) is 12.8. The van der Waals surface area contributed by atoms with E-state index in [2.05, 4.69) is 10.2 Å². The molecule has 1 amide bonds. The van der Waals surface area contributed by atoms with Crippen LogP contribution in [-0.4, -0.2) is 47.5 Å². The molecule has 2 aromatic rings. The molecule has 1 heterocycles. The van der Waals surface area contributed by atoms with E-state index in [9.17, 15) is 13.2 Å². The van der Waals surface area contributed by atoms with Crippen LogP contribution in [0.2, 0.25) is 0 Å². The highest BCUT2D eigenvalue weighted by atomic mass is 32.2. The van der Waals surface area contributed by atoms with E-state index >= 15 is 0 Å². The molecular formula is C15H19N3O4S. The van der Waals surface area contributed by atoms with Gasteiger partial charge in [-0.2, -0.15) is 0 Å². The quantitative estimate of drug-likeness (QED) is 0.793. The van der Waals surface area contributed by atoms with Crippen LogP contribution in [-0.2, 0) is 21.2 Å². The zero-order valence-corrected chi connectivity index (χ0v) is 14.1. The Labute approximate surface area is 135 Å². The van der Waals surface area contributed by atoms with Gasteiger partial charge in [0, 0.05) is 18.4 Å². The maximum atomic E-state index is 12.2. The lowest BCUT2D eigenvalue weighted by atomic mass is 10.2. The number of aromatic nitrogens is 2. The Morgan fingerprint density at radius 2 is 1.91 bits per heavy atom. The third-order valence-corrected chi connectivity index (χ3v) is 5.61. The van der Waals surface area contributed by atoms with Crippen molar-refractivity contribution >= 4 is 15.7 Å². The molecule has 124 valence electrons. The zero-order valence-electron chi connectivity index (χ0n) is 13.3. The number of benzene rings is 1. The van der Waals surface area contributed by atoms with Gasteiger partial charge in [-0.3, -0.25) is 4.79 Å². The molecule has 7 nitrogen and oxygen atoms in total. The average Bonchev–Trinajstić information content (AvgIpc) is 3.02. The van der Waals surface area contributed by atoms with Crippen LogP contribution in [0.25, 0.3) is 11.5 Å². The molecule has 0 spiro atoms.